The first-order valence-corrected chi connectivity index (χ1v) is 6.54. The molecule has 3 heterocycles. The zero-order chi connectivity index (χ0) is 14.8. The van der Waals surface area contributed by atoms with Crippen molar-refractivity contribution in [2.24, 2.45) is 0 Å². The van der Waals surface area contributed by atoms with Crippen LogP contribution in [0.5, 0.6) is 5.88 Å². The van der Waals surface area contributed by atoms with Crippen LogP contribution in [0.4, 0.5) is 5.95 Å². The average molecular weight is 282 g/mol. The summed E-state index contributed by atoms with van der Waals surface area (Å²) in [7, 11) is 0. The molecule has 0 radical (unpaired) electrons. The minimum absolute atomic E-state index is 0.113. The van der Waals surface area contributed by atoms with E-state index in [0.717, 1.165) is 11.3 Å². The predicted molar refractivity (Wildman–Crippen MR) is 78.7 cm³/mol. The quantitative estimate of drug-likeness (QED) is 0.781. The van der Waals surface area contributed by atoms with E-state index in [-0.39, 0.29) is 5.95 Å². The summed E-state index contributed by atoms with van der Waals surface area (Å²) >= 11 is 0. The second-order valence-electron chi connectivity index (χ2n) is 4.42. The SMILES string of the molecule is CCOc1nc(N)nc2ncc(-c3ncccc3C)nc12. The zero-order valence-corrected chi connectivity index (χ0v) is 11.7. The molecule has 0 bridgehead atoms. The lowest BCUT2D eigenvalue weighted by Gasteiger charge is -2.08. The third-order valence-electron chi connectivity index (χ3n) is 2.93. The second kappa shape index (κ2) is 5.28. The molecule has 0 atom stereocenters. The molecule has 0 aliphatic heterocycles. The molecular formula is C14H14N6O. The molecule has 0 aliphatic rings. The highest BCUT2D eigenvalue weighted by Gasteiger charge is 2.13. The van der Waals surface area contributed by atoms with E-state index in [1.807, 2.05) is 26.0 Å². The molecule has 3 rings (SSSR count). The van der Waals surface area contributed by atoms with Gasteiger partial charge in [-0.15, -0.1) is 0 Å². The Labute approximate surface area is 121 Å². The lowest BCUT2D eigenvalue weighted by atomic mass is 10.2. The van der Waals surface area contributed by atoms with Crippen molar-refractivity contribution in [1.29, 1.82) is 0 Å². The number of hydrogen-bond donors (Lipinski definition) is 1. The molecule has 0 saturated carbocycles. The van der Waals surface area contributed by atoms with E-state index >= 15 is 0 Å². The minimum atomic E-state index is 0.113. The number of aromatic nitrogens is 5. The maximum absolute atomic E-state index is 5.65. The van der Waals surface area contributed by atoms with Crippen molar-refractivity contribution in [2.45, 2.75) is 13.8 Å². The van der Waals surface area contributed by atoms with E-state index in [1.54, 1.807) is 12.4 Å². The number of pyridine rings is 1. The van der Waals surface area contributed by atoms with E-state index < -0.39 is 0 Å². The van der Waals surface area contributed by atoms with E-state index in [2.05, 4.69) is 24.9 Å². The lowest BCUT2D eigenvalue weighted by Crippen LogP contribution is -2.04. The molecule has 0 aliphatic carbocycles. The second-order valence-corrected chi connectivity index (χ2v) is 4.42. The molecule has 2 N–H and O–H groups in total. The summed E-state index contributed by atoms with van der Waals surface area (Å²) in [4.78, 5) is 21.3. The van der Waals surface area contributed by atoms with Crippen molar-refractivity contribution in [1.82, 2.24) is 24.9 Å². The number of anilines is 1. The third-order valence-corrected chi connectivity index (χ3v) is 2.93. The van der Waals surface area contributed by atoms with Crippen LogP contribution in [0.3, 0.4) is 0 Å². The van der Waals surface area contributed by atoms with E-state index in [0.29, 0.717) is 29.3 Å². The summed E-state index contributed by atoms with van der Waals surface area (Å²) in [5, 5.41) is 0. The number of hydrogen-bond acceptors (Lipinski definition) is 7. The lowest BCUT2D eigenvalue weighted by molar-refractivity contribution is 0.330. The molecular weight excluding hydrogens is 268 g/mol. The molecule has 0 aromatic carbocycles. The van der Waals surface area contributed by atoms with Gasteiger partial charge in [0, 0.05) is 6.20 Å². The summed E-state index contributed by atoms with van der Waals surface area (Å²) in [6.07, 6.45) is 3.34. The number of rotatable bonds is 3. The van der Waals surface area contributed by atoms with Gasteiger partial charge in [0.05, 0.1) is 18.5 Å². The maximum atomic E-state index is 5.65. The summed E-state index contributed by atoms with van der Waals surface area (Å²) in [5.41, 5.74) is 8.96. The van der Waals surface area contributed by atoms with Crippen LogP contribution in [0, 0.1) is 6.92 Å². The molecule has 3 aromatic rings. The Balaban J connectivity index is 2.22. The standard InChI is InChI=1S/C14H14N6O/c1-3-21-13-11-12(19-14(15)20-13)17-7-9(18-11)10-8(2)5-4-6-16-10/h4-7H,3H2,1-2H3,(H2,15,17,19,20). The van der Waals surface area contributed by atoms with Gasteiger partial charge in [-0.1, -0.05) is 6.07 Å². The molecule has 0 spiro atoms. The predicted octanol–water partition coefficient (Wildman–Crippen LogP) is 1.77. The normalized spacial score (nSPS) is 10.8. The van der Waals surface area contributed by atoms with Crippen LogP contribution in [0.15, 0.2) is 24.5 Å². The van der Waals surface area contributed by atoms with Gasteiger partial charge in [-0.25, -0.2) is 9.97 Å². The molecule has 0 saturated heterocycles. The topological polar surface area (TPSA) is 99.7 Å². The molecule has 3 aromatic heterocycles. The van der Waals surface area contributed by atoms with Gasteiger partial charge >= 0.3 is 0 Å². The molecule has 7 nitrogen and oxygen atoms in total. The fourth-order valence-electron chi connectivity index (χ4n) is 2.00. The monoisotopic (exact) mass is 282 g/mol. The first-order chi connectivity index (χ1) is 10.2. The van der Waals surface area contributed by atoms with Crippen LogP contribution in [0.25, 0.3) is 22.6 Å². The van der Waals surface area contributed by atoms with Crippen LogP contribution in [-0.4, -0.2) is 31.5 Å². The van der Waals surface area contributed by atoms with E-state index in [4.69, 9.17) is 10.5 Å². The number of fused-ring (bicyclic) bond motifs is 1. The summed E-state index contributed by atoms with van der Waals surface area (Å²) < 4.78 is 5.47. The van der Waals surface area contributed by atoms with Crippen molar-refractivity contribution in [3.05, 3.63) is 30.1 Å². The van der Waals surface area contributed by atoms with Gasteiger partial charge in [0.2, 0.25) is 11.8 Å². The molecule has 0 fully saturated rings. The molecule has 21 heavy (non-hydrogen) atoms. The van der Waals surface area contributed by atoms with Crippen molar-refractivity contribution < 1.29 is 4.74 Å². The number of ether oxygens (including phenoxy) is 1. The molecule has 0 amide bonds. The van der Waals surface area contributed by atoms with Crippen LogP contribution < -0.4 is 10.5 Å². The fraction of sp³-hybridized carbons (Fsp3) is 0.214. The first-order valence-electron chi connectivity index (χ1n) is 6.54. The Morgan fingerprint density at radius 2 is 2.05 bits per heavy atom. The van der Waals surface area contributed by atoms with Crippen molar-refractivity contribution in [2.75, 3.05) is 12.3 Å². The summed E-state index contributed by atoms with van der Waals surface area (Å²) in [6, 6.07) is 3.85. The number of nitrogens with zero attached hydrogens (tertiary/aromatic N) is 5. The highest BCUT2D eigenvalue weighted by atomic mass is 16.5. The highest BCUT2D eigenvalue weighted by molar-refractivity contribution is 5.79. The Morgan fingerprint density at radius 1 is 1.19 bits per heavy atom. The van der Waals surface area contributed by atoms with Gasteiger partial charge in [0.25, 0.3) is 0 Å². The summed E-state index contributed by atoms with van der Waals surface area (Å²) in [6.45, 7) is 4.29. The first kappa shape index (κ1) is 13.2. The van der Waals surface area contributed by atoms with Gasteiger partial charge in [-0.3, -0.25) is 4.98 Å². The molecule has 7 heteroatoms. The van der Waals surface area contributed by atoms with Crippen LogP contribution in [0.1, 0.15) is 12.5 Å². The van der Waals surface area contributed by atoms with Gasteiger partial charge in [-0.05, 0) is 25.5 Å². The minimum Gasteiger partial charge on any atom is -0.476 e. The Hall–Kier alpha value is -2.83. The van der Waals surface area contributed by atoms with E-state index in [9.17, 15) is 0 Å². The Kier molecular flexibility index (Phi) is 3.31. The largest absolute Gasteiger partial charge is 0.476 e. The van der Waals surface area contributed by atoms with Crippen LogP contribution >= 0.6 is 0 Å². The van der Waals surface area contributed by atoms with Gasteiger partial charge < -0.3 is 10.5 Å². The van der Waals surface area contributed by atoms with Gasteiger partial charge in [-0.2, -0.15) is 9.97 Å². The maximum Gasteiger partial charge on any atom is 0.247 e. The van der Waals surface area contributed by atoms with Gasteiger partial charge in [0.1, 0.15) is 5.69 Å². The van der Waals surface area contributed by atoms with Crippen LogP contribution in [-0.2, 0) is 0 Å². The van der Waals surface area contributed by atoms with Crippen molar-refractivity contribution in [3.63, 3.8) is 0 Å². The smallest absolute Gasteiger partial charge is 0.247 e. The molecule has 0 unspecified atom stereocenters. The molecule has 106 valence electrons. The zero-order valence-electron chi connectivity index (χ0n) is 11.7. The van der Waals surface area contributed by atoms with Crippen molar-refractivity contribution >= 4 is 17.1 Å². The Morgan fingerprint density at radius 3 is 2.81 bits per heavy atom. The third kappa shape index (κ3) is 2.45. The van der Waals surface area contributed by atoms with E-state index in [1.165, 1.54) is 0 Å². The Bertz CT molecular complexity index is 805. The number of nitrogen functional groups attached to an aromatic ring is 1. The fourth-order valence-corrected chi connectivity index (χ4v) is 2.00. The van der Waals surface area contributed by atoms with Crippen molar-refractivity contribution in [3.8, 4) is 17.3 Å². The number of aryl methyl sites for hydroxylation is 1. The average Bonchev–Trinajstić information content (AvgIpc) is 2.48. The number of nitrogens with two attached hydrogens (primary N) is 1. The highest BCUT2D eigenvalue weighted by Crippen LogP contribution is 2.24. The van der Waals surface area contributed by atoms with Gasteiger partial charge in [0.15, 0.2) is 11.2 Å². The van der Waals surface area contributed by atoms with Crippen LogP contribution in [0.2, 0.25) is 0 Å². The summed E-state index contributed by atoms with van der Waals surface area (Å²) in [5.74, 6) is 0.449.